The lowest BCUT2D eigenvalue weighted by Crippen LogP contribution is -2.07. The molecule has 0 spiro atoms. The van der Waals surface area contributed by atoms with E-state index in [-0.39, 0.29) is 0 Å². The lowest BCUT2D eigenvalue weighted by Gasteiger charge is -2.12. The number of nitrogens with zero attached hydrogens (tertiary/aromatic N) is 2. The minimum absolute atomic E-state index is 0.690. The molecule has 1 aromatic heterocycles. The molecular formula is C17H24N4. The van der Waals surface area contributed by atoms with Crippen LogP contribution in [0.2, 0.25) is 0 Å². The molecule has 0 atom stereocenters. The van der Waals surface area contributed by atoms with Gasteiger partial charge in [-0.2, -0.15) is 4.98 Å². The summed E-state index contributed by atoms with van der Waals surface area (Å²) < 4.78 is 0. The van der Waals surface area contributed by atoms with Gasteiger partial charge in [0.1, 0.15) is 5.82 Å². The summed E-state index contributed by atoms with van der Waals surface area (Å²) in [5.41, 5.74) is 4.51. The maximum Gasteiger partial charge on any atom is 0.224 e. The van der Waals surface area contributed by atoms with Gasteiger partial charge in [-0.15, -0.1) is 0 Å². The summed E-state index contributed by atoms with van der Waals surface area (Å²) in [6.45, 7) is 9.26. The maximum absolute atomic E-state index is 4.53. The van der Waals surface area contributed by atoms with Crippen LogP contribution in [0, 0.1) is 20.8 Å². The van der Waals surface area contributed by atoms with Gasteiger partial charge in [-0.25, -0.2) is 4.98 Å². The van der Waals surface area contributed by atoms with Gasteiger partial charge in [0.2, 0.25) is 5.95 Å². The smallest absolute Gasteiger partial charge is 0.224 e. The van der Waals surface area contributed by atoms with Crippen molar-refractivity contribution in [2.45, 2.75) is 40.5 Å². The number of hydrogen-bond acceptors (Lipinski definition) is 4. The average molecular weight is 284 g/mol. The third-order valence-electron chi connectivity index (χ3n) is 3.31. The molecule has 112 valence electrons. The molecule has 2 N–H and O–H groups in total. The second-order valence-electron chi connectivity index (χ2n) is 5.44. The Morgan fingerprint density at radius 1 is 1.05 bits per heavy atom. The molecule has 0 aliphatic heterocycles. The van der Waals surface area contributed by atoms with Crippen molar-refractivity contribution in [3.8, 4) is 0 Å². The van der Waals surface area contributed by atoms with Crippen molar-refractivity contribution in [1.82, 2.24) is 9.97 Å². The summed E-state index contributed by atoms with van der Waals surface area (Å²) >= 11 is 0. The van der Waals surface area contributed by atoms with E-state index < -0.39 is 0 Å². The number of hydrogen-bond donors (Lipinski definition) is 2. The molecule has 0 bridgehead atoms. The number of aryl methyl sites for hydroxylation is 3. The summed E-state index contributed by atoms with van der Waals surface area (Å²) in [6.07, 6.45) is 2.28. The van der Waals surface area contributed by atoms with Gasteiger partial charge in [0.25, 0.3) is 0 Å². The third-order valence-corrected chi connectivity index (χ3v) is 3.31. The summed E-state index contributed by atoms with van der Waals surface area (Å²) in [4.78, 5) is 8.95. The Kier molecular flexibility index (Phi) is 5.14. The van der Waals surface area contributed by atoms with E-state index in [0.717, 1.165) is 36.6 Å². The van der Waals surface area contributed by atoms with E-state index in [9.17, 15) is 0 Å². The van der Waals surface area contributed by atoms with Gasteiger partial charge in [0.15, 0.2) is 0 Å². The van der Waals surface area contributed by atoms with Crippen molar-refractivity contribution in [2.75, 3.05) is 17.2 Å². The lowest BCUT2D eigenvalue weighted by molar-refractivity contribution is 0.825. The maximum atomic E-state index is 4.53. The van der Waals surface area contributed by atoms with Crippen molar-refractivity contribution in [2.24, 2.45) is 0 Å². The van der Waals surface area contributed by atoms with E-state index in [2.05, 4.69) is 59.6 Å². The molecule has 4 nitrogen and oxygen atoms in total. The van der Waals surface area contributed by atoms with Crippen LogP contribution in [0.5, 0.6) is 0 Å². The van der Waals surface area contributed by atoms with Crippen LogP contribution >= 0.6 is 0 Å². The highest BCUT2D eigenvalue weighted by Gasteiger charge is 2.04. The van der Waals surface area contributed by atoms with Gasteiger partial charge in [-0.1, -0.05) is 31.0 Å². The Morgan fingerprint density at radius 3 is 2.57 bits per heavy atom. The molecule has 0 fully saturated rings. The molecular weight excluding hydrogens is 260 g/mol. The Bertz CT molecular complexity index is 608. The summed E-state index contributed by atoms with van der Waals surface area (Å²) in [5.74, 6) is 1.52. The van der Waals surface area contributed by atoms with Crippen LogP contribution in [-0.4, -0.2) is 16.5 Å². The number of benzene rings is 1. The molecule has 21 heavy (non-hydrogen) atoms. The van der Waals surface area contributed by atoms with Crippen molar-refractivity contribution >= 4 is 17.5 Å². The van der Waals surface area contributed by atoms with Crippen LogP contribution in [-0.2, 0) is 0 Å². The number of nitrogens with one attached hydrogen (secondary N) is 2. The molecule has 2 rings (SSSR count). The highest BCUT2D eigenvalue weighted by atomic mass is 15.1. The fourth-order valence-electron chi connectivity index (χ4n) is 2.18. The first kappa shape index (κ1) is 15.3. The first-order chi connectivity index (χ1) is 10.1. The SMILES string of the molecule is CCCCNc1nc(C)cc(Nc2ccc(C)cc2C)n1. The minimum Gasteiger partial charge on any atom is -0.354 e. The molecule has 1 aromatic carbocycles. The third kappa shape index (κ3) is 4.45. The van der Waals surface area contributed by atoms with E-state index in [4.69, 9.17) is 0 Å². The predicted octanol–water partition coefficient (Wildman–Crippen LogP) is 4.36. The number of aromatic nitrogens is 2. The summed E-state index contributed by atoms with van der Waals surface area (Å²) in [6, 6.07) is 8.32. The van der Waals surface area contributed by atoms with Crippen LogP contribution in [0.25, 0.3) is 0 Å². The average Bonchev–Trinajstić information content (AvgIpc) is 2.42. The molecule has 0 saturated carbocycles. The summed E-state index contributed by atoms with van der Waals surface area (Å²) in [5, 5.41) is 6.65. The van der Waals surface area contributed by atoms with Crippen LogP contribution < -0.4 is 10.6 Å². The molecule has 0 unspecified atom stereocenters. The highest BCUT2D eigenvalue weighted by Crippen LogP contribution is 2.21. The van der Waals surface area contributed by atoms with E-state index in [1.807, 2.05) is 13.0 Å². The van der Waals surface area contributed by atoms with Gasteiger partial charge in [-0.3, -0.25) is 0 Å². The molecule has 4 heteroatoms. The number of unbranched alkanes of at least 4 members (excludes halogenated alkanes) is 1. The van der Waals surface area contributed by atoms with E-state index in [1.54, 1.807) is 0 Å². The lowest BCUT2D eigenvalue weighted by atomic mass is 10.1. The molecule has 0 amide bonds. The van der Waals surface area contributed by atoms with E-state index in [0.29, 0.717) is 5.95 Å². The monoisotopic (exact) mass is 284 g/mol. The molecule has 0 radical (unpaired) electrons. The standard InChI is InChI=1S/C17H24N4/c1-5-6-9-18-17-19-14(4)11-16(21-17)20-15-8-7-12(2)10-13(15)3/h7-8,10-11H,5-6,9H2,1-4H3,(H2,18,19,20,21). The fourth-order valence-corrected chi connectivity index (χ4v) is 2.18. The highest BCUT2D eigenvalue weighted by molar-refractivity contribution is 5.61. The molecule has 0 saturated heterocycles. The largest absolute Gasteiger partial charge is 0.354 e. The van der Waals surface area contributed by atoms with Crippen molar-refractivity contribution in [1.29, 1.82) is 0 Å². The second kappa shape index (κ2) is 7.07. The van der Waals surface area contributed by atoms with Gasteiger partial charge in [-0.05, 0) is 38.8 Å². The van der Waals surface area contributed by atoms with Crippen molar-refractivity contribution in [3.63, 3.8) is 0 Å². The van der Waals surface area contributed by atoms with Crippen LogP contribution in [0.15, 0.2) is 24.3 Å². The van der Waals surface area contributed by atoms with Gasteiger partial charge >= 0.3 is 0 Å². The normalized spacial score (nSPS) is 10.5. The quantitative estimate of drug-likeness (QED) is 0.774. The molecule has 0 aliphatic carbocycles. The van der Waals surface area contributed by atoms with Crippen molar-refractivity contribution < 1.29 is 0 Å². The Hall–Kier alpha value is -2.10. The van der Waals surface area contributed by atoms with Crippen LogP contribution in [0.4, 0.5) is 17.5 Å². The Balaban J connectivity index is 2.15. The fraction of sp³-hybridized carbons (Fsp3) is 0.412. The molecule has 2 aromatic rings. The minimum atomic E-state index is 0.690. The first-order valence-electron chi connectivity index (χ1n) is 7.52. The van der Waals surface area contributed by atoms with E-state index in [1.165, 1.54) is 11.1 Å². The van der Waals surface area contributed by atoms with E-state index >= 15 is 0 Å². The predicted molar refractivity (Wildman–Crippen MR) is 89.4 cm³/mol. The zero-order chi connectivity index (χ0) is 15.2. The van der Waals surface area contributed by atoms with Crippen LogP contribution in [0.3, 0.4) is 0 Å². The second-order valence-corrected chi connectivity index (χ2v) is 5.44. The zero-order valence-electron chi connectivity index (χ0n) is 13.3. The van der Waals surface area contributed by atoms with Gasteiger partial charge < -0.3 is 10.6 Å². The zero-order valence-corrected chi connectivity index (χ0v) is 13.3. The van der Waals surface area contributed by atoms with Gasteiger partial charge in [0.05, 0.1) is 0 Å². The van der Waals surface area contributed by atoms with Gasteiger partial charge in [0, 0.05) is 24.0 Å². The Morgan fingerprint density at radius 2 is 1.86 bits per heavy atom. The number of anilines is 3. The molecule has 1 heterocycles. The molecule has 0 aliphatic rings. The van der Waals surface area contributed by atoms with Crippen molar-refractivity contribution in [3.05, 3.63) is 41.1 Å². The first-order valence-corrected chi connectivity index (χ1v) is 7.52. The Labute approximate surface area is 127 Å². The topological polar surface area (TPSA) is 49.8 Å². The summed E-state index contributed by atoms with van der Waals surface area (Å²) in [7, 11) is 0. The number of rotatable bonds is 6. The van der Waals surface area contributed by atoms with Crippen LogP contribution in [0.1, 0.15) is 36.6 Å².